The normalized spacial score (nSPS) is 16.2. The Balaban J connectivity index is 1.27. The van der Waals surface area contributed by atoms with Crippen molar-refractivity contribution in [2.45, 2.75) is 6.42 Å². The maximum Gasteiger partial charge on any atom is 0.229 e. The van der Waals surface area contributed by atoms with E-state index in [2.05, 4.69) is 10.3 Å². The fraction of sp³-hybridized carbons (Fsp3) is 0.125. The van der Waals surface area contributed by atoms with Gasteiger partial charge in [0.2, 0.25) is 17.7 Å². The van der Waals surface area contributed by atoms with E-state index in [1.165, 1.54) is 0 Å². The van der Waals surface area contributed by atoms with Crippen LogP contribution in [-0.2, 0) is 9.59 Å². The highest BCUT2D eigenvalue weighted by molar-refractivity contribution is 6.03. The molecular weight excluding hydrogens is 378 g/mol. The van der Waals surface area contributed by atoms with Crippen LogP contribution in [0.25, 0.3) is 22.6 Å². The average molecular weight is 397 g/mol. The molecule has 0 saturated carbocycles. The van der Waals surface area contributed by atoms with Crippen LogP contribution in [0.2, 0.25) is 0 Å². The van der Waals surface area contributed by atoms with Crippen LogP contribution in [0.1, 0.15) is 6.42 Å². The molecule has 1 aliphatic heterocycles. The number of rotatable bonds is 4. The predicted molar refractivity (Wildman–Crippen MR) is 115 cm³/mol. The van der Waals surface area contributed by atoms with Crippen molar-refractivity contribution < 1.29 is 14.0 Å². The zero-order chi connectivity index (χ0) is 20.5. The Morgan fingerprint density at radius 2 is 1.70 bits per heavy atom. The molecule has 1 N–H and O–H groups in total. The molecule has 2 heterocycles. The first-order chi connectivity index (χ1) is 14.7. The molecule has 5 rings (SSSR count). The summed E-state index contributed by atoms with van der Waals surface area (Å²) in [6.45, 7) is 0.385. The maximum absolute atomic E-state index is 12.7. The van der Waals surface area contributed by atoms with Gasteiger partial charge in [-0.25, -0.2) is 4.98 Å². The largest absolute Gasteiger partial charge is 0.436 e. The molecule has 2 amide bonds. The number of hydrogen-bond donors (Lipinski definition) is 1. The molecule has 0 aliphatic carbocycles. The number of amides is 2. The number of fused-ring (bicyclic) bond motifs is 1. The van der Waals surface area contributed by atoms with Crippen molar-refractivity contribution in [3.05, 3.63) is 78.9 Å². The number of anilines is 2. The summed E-state index contributed by atoms with van der Waals surface area (Å²) in [7, 11) is 0. The highest BCUT2D eigenvalue weighted by Crippen LogP contribution is 2.27. The third kappa shape index (κ3) is 3.43. The van der Waals surface area contributed by atoms with Gasteiger partial charge in [-0.1, -0.05) is 30.3 Å². The summed E-state index contributed by atoms with van der Waals surface area (Å²) in [5.41, 5.74) is 3.86. The highest BCUT2D eigenvalue weighted by atomic mass is 16.3. The van der Waals surface area contributed by atoms with Crippen molar-refractivity contribution in [2.75, 3.05) is 16.8 Å². The molecule has 1 unspecified atom stereocenters. The number of oxazole rings is 1. The second kappa shape index (κ2) is 7.48. The lowest BCUT2D eigenvalue weighted by molar-refractivity contribution is -0.122. The molecule has 148 valence electrons. The van der Waals surface area contributed by atoms with E-state index in [1.54, 1.807) is 4.90 Å². The van der Waals surface area contributed by atoms with Crippen molar-refractivity contribution in [3.8, 4) is 11.5 Å². The maximum atomic E-state index is 12.7. The van der Waals surface area contributed by atoms with Crippen molar-refractivity contribution >= 4 is 34.3 Å². The van der Waals surface area contributed by atoms with E-state index < -0.39 is 0 Å². The number of aromatic nitrogens is 1. The van der Waals surface area contributed by atoms with E-state index in [0.29, 0.717) is 18.1 Å². The molecule has 1 saturated heterocycles. The molecule has 6 heteroatoms. The number of carbonyl (C=O) groups excluding carboxylic acids is 2. The second-order valence-electron chi connectivity index (χ2n) is 7.29. The summed E-state index contributed by atoms with van der Waals surface area (Å²) in [6, 6.07) is 24.4. The molecule has 1 atom stereocenters. The molecule has 0 radical (unpaired) electrons. The van der Waals surface area contributed by atoms with E-state index >= 15 is 0 Å². The molecular formula is C24H19N3O3. The van der Waals surface area contributed by atoms with Crippen LogP contribution in [0.4, 0.5) is 11.4 Å². The van der Waals surface area contributed by atoms with Crippen molar-refractivity contribution in [1.82, 2.24) is 4.98 Å². The minimum atomic E-state index is -0.380. The first-order valence-corrected chi connectivity index (χ1v) is 9.80. The number of carbonyl (C=O) groups is 2. The minimum Gasteiger partial charge on any atom is -0.436 e. The number of hydrogen-bond acceptors (Lipinski definition) is 4. The van der Waals surface area contributed by atoms with E-state index in [-0.39, 0.29) is 24.2 Å². The summed E-state index contributed by atoms with van der Waals surface area (Å²) >= 11 is 0. The molecule has 1 fully saturated rings. The molecule has 1 aliphatic rings. The van der Waals surface area contributed by atoms with Crippen molar-refractivity contribution in [2.24, 2.45) is 5.92 Å². The molecule has 3 aromatic carbocycles. The molecule has 0 spiro atoms. The van der Waals surface area contributed by atoms with E-state index in [0.717, 1.165) is 22.4 Å². The Bertz CT molecular complexity index is 1180. The quantitative estimate of drug-likeness (QED) is 0.551. The zero-order valence-electron chi connectivity index (χ0n) is 16.1. The number of para-hydroxylation sites is 3. The third-order valence-electron chi connectivity index (χ3n) is 5.26. The first kappa shape index (κ1) is 18.1. The monoisotopic (exact) mass is 397 g/mol. The lowest BCUT2D eigenvalue weighted by Gasteiger charge is -2.16. The molecule has 1 aromatic heterocycles. The van der Waals surface area contributed by atoms with Gasteiger partial charge < -0.3 is 14.6 Å². The summed E-state index contributed by atoms with van der Waals surface area (Å²) in [5, 5.41) is 2.91. The zero-order valence-corrected chi connectivity index (χ0v) is 16.1. The van der Waals surface area contributed by atoms with Gasteiger partial charge in [-0.2, -0.15) is 0 Å². The van der Waals surface area contributed by atoms with Crippen LogP contribution in [0, 0.1) is 5.92 Å². The van der Waals surface area contributed by atoms with Gasteiger partial charge in [0.1, 0.15) is 5.52 Å². The Labute approximate surface area is 173 Å². The Morgan fingerprint density at radius 1 is 0.967 bits per heavy atom. The van der Waals surface area contributed by atoms with E-state index in [9.17, 15) is 9.59 Å². The summed E-state index contributed by atoms with van der Waals surface area (Å²) in [4.78, 5) is 31.2. The van der Waals surface area contributed by atoms with E-state index in [1.807, 2.05) is 78.9 Å². The Kier molecular flexibility index (Phi) is 4.52. The lowest BCUT2D eigenvalue weighted by Crippen LogP contribution is -2.28. The van der Waals surface area contributed by atoms with Crippen LogP contribution >= 0.6 is 0 Å². The smallest absolute Gasteiger partial charge is 0.229 e. The van der Waals surface area contributed by atoms with Gasteiger partial charge in [-0.05, 0) is 48.5 Å². The third-order valence-corrected chi connectivity index (χ3v) is 5.26. The van der Waals surface area contributed by atoms with Crippen LogP contribution in [0.3, 0.4) is 0 Å². The standard InChI is InChI=1S/C24H19N3O3/c28-22-14-17(15-27(22)19-6-2-1-3-7-19)23(29)25-18-12-10-16(11-13-18)24-26-20-8-4-5-9-21(20)30-24/h1-13,17H,14-15H2,(H,25,29). The number of benzene rings is 3. The SMILES string of the molecule is O=C(Nc1ccc(-c2nc3ccccc3o2)cc1)C1CC(=O)N(c2ccccc2)C1. The number of nitrogens with one attached hydrogen (secondary N) is 1. The minimum absolute atomic E-state index is 0.0346. The predicted octanol–water partition coefficient (Wildman–Crippen LogP) is 4.49. The second-order valence-corrected chi connectivity index (χ2v) is 7.29. The molecule has 30 heavy (non-hydrogen) atoms. The Morgan fingerprint density at radius 3 is 2.47 bits per heavy atom. The molecule has 6 nitrogen and oxygen atoms in total. The van der Waals surface area contributed by atoms with Gasteiger partial charge in [0.25, 0.3) is 0 Å². The van der Waals surface area contributed by atoms with Crippen molar-refractivity contribution in [1.29, 1.82) is 0 Å². The van der Waals surface area contributed by atoms with Gasteiger partial charge in [0, 0.05) is 29.9 Å². The van der Waals surface area contributed by atoms with Crippen LogP contribution < -0.4 is 10.2 Å². The summed E-state index contributed by atoms with van der Waals surface area (Å²) < 4.78 is 5.78. The topological polar surface area (TPSA) is 75.4 Å². The van der Waals surface area contributed by atoms with Gasteiger partial charge in [-0.15, -0.1) is 0 Å². The molecule has 4 aromatic rings. The van der Waals surface area contributed by atoms with Crippen LogP contribution in [0.15, 0.2) is 83.3 Å². The van der Waals surface area contributed by atoms with Gasteiger partial charge in [0.05, 0.1) is 5.92 Å². The highest BCUT2D eigenvalue weighted by Gasteiger charge is 2.35. The van der Waals surface area contributed by atoms with Gasteiger partial charge >= 0.3 is 0 Å². The fourth-order valence-electron chi connectivity index (χ4n) is 3.68. The average Bonchev–Trinajstić information content (AvgIpc) is 3.38. The first-order valence-electron chi connectivity index (χ1n) is 9.80. The molecule has 0 bridgehead atoms. The van der Waals surface area contributed by atoms with Crippen molar-refractivity contribution in [3.63, 3.8) is 0 Å². The Hall–Kier alpha value is -3.93. The lowest BCUT2D eigenvalue weighted by atomic mass is 10.1. The van der Waals surface area contributed by atoms with Gasteiger partial charge in [0.15, 0.2) is 5.58 Å². The van der Waals surface area contributed by atoms with E-state index in [4.69, 9.17) is 4.42 Å². The summed E-state index contributed by atoms with van der Waals surface area (Å²) in [5.74, 6) is -0.0348. The van der Waals surface area contributed by atoms with Crippen LogP contribution in [-0.4, -0.2) is 23.3 Å². The van der Waals surface area contributed by atoms with Gasteiger partial charge in [-0.3, -0.25) is 9.59 Å². The number of nitrogens with zero attached hydrogens (tertiary/aromatic N) is 2. The van der Waals surface area contributed by atoms with Crippen LogP contribution in [0.5, 0.6) is 0 Å². The fourth-order valence-corrected chi connectivity index (χ4v) is 3.68. The summed E-state index contributed by atoms with van der Waals surface area (Å²) in [6.07, 6.45) is 0.210.